The van der Waals surface area contributed by atoms with E-state index in [9.17, 15) is 14.3 Å². The van der Waals surface area contributed by atoms with Crippen LogP contribution in [0.1, 0.15) is 155 Å². The second-order valence-electron chi connectivity index (χ2n) is 13.6. The number of hydrogen-bond acceptors (Lipinski definition) is 7. The lowest BCUT2D eigenvalue weighted by molar-refractivity contribution is -0.870. The third kappa shape index (κ3) is 34.4. The van der Waals surface area contributed by atoms with Crippen molar-refractivity contribution in [1.82, 2.24) is 0 Å². The number of esters is 1. The maximum atomic E-state index is 12.5. The maximum Gasteiger partial charge on any atom is 0.306 e. The van der Waals surface area contributed by atoms with E-state index in [0.717, 1.165) is 32.1 Å². The Labute approximate surface area is 278 Å². The maximum absolute atomic E-state index is 12.5. The molecule has 0 N–H and O–H groups in total. The minimum absolute atomic E-state index is 0.0272. The molecule has 0 rings (SSSR count). The van der Waals surface area contributed by atoms with Gasteiger partial charge in [0.15, 0.2) is 0 Å². The second-order valence-corrected chi connectivity index (χ2v) is 15.0. The fraction of sp³-hybridized carbons (Fsp3) is 0.917. The first kappa shape index (κ1) is 44.2. The monoisotopic (exact) mass is 662 g/mol. The zero-order valence-corrected chi connectivity index (χ0v) is 31.0. The molecule has 0 saturated heterocycles. The minimum Gasteiger partial charge on any atom is -0.756 e. The van der Waals surface area contributed by atoms with Crippen LogP contribution in [0.25, 0.3) is 0 Å². The number of likely N-dealkylation sites (N-methyl/N-ethyl adjacent to an activating group) is 1. The van der Waals surface area contributed by atoms with Gasteiger partial charge in [0.1, 0.15) is 19.3 Å². The van der Waals surface area contributed by atoms with Gasteiger partial charge in [-0.25, -0.2) is 0 Å². The first-order chi connectivity index (χ1) is 21.6. The SMILES string of the molecule is CCCCCCCC/C=C\CCCCCCCCOCC(COP(=O)([O-])OCC[N+](C)(C)C)OC(=O)CCCCCCCCC. The summed E-state index contributed by atoms with van der Waals surface area (Å²) in [6.07, 6.45) is 29.4. The van der Waals surface area contributed by atoms with Gasteiger partial charge >= 0.3 is 5.97 Å². The Morgan fingerprint density at radius 2 is 1.16 bits per heavy atom. The highest BCUT2D eigenvalue weighted by Gasteiger charge is 2.20. The third-order valence-corrected chi connectivity index (χ3v) is 8.78. The molecule has 0 radical (unpaired) electrons. The fourth-order valence-corrected chi connectivity index (χ4v) is 5.62. The predicted molar refractivity (Wildman–Crippen MR) is 185 cm³/mol. The zero-order valence-electron chi connectivity index (χ0n) is 30.1. The van der Waals surface area contributed by atoms with E-state index in [1.54, 1.807) is 0 Å². The number of unbranched alkanes of at least 4 members (excludes halogenated alkanes) is 18. The van der Waals surface area contributed by atoms with Crippen LogP contribution >= 0.6 is 7.82 Å². The van der Waals surface area contributed by atoms with Gasteiger partial charge in [-0.3, -0.25) is 9.36 Å². The van der Waals surface area contributed by atoms with Crippen molar-refractivity contribution in [3.8, 4) is 0 Å². The molecule has 0 aromatic rings. The molecular weight excluding hydrogens is 589 g/mol. The number of allylic oxidation sites excluding steroid dienone is 2. The molecule has 0 saturated carbocycles. The Morgan fingerprint density at radius 1 is 0.667 bits per heavy atom. The summed E-state index contributed by atoms with van der Waals surface area (Å²) in [4.78, 5) is 24.7. The van der Waals surface area contributed by atoms with E-state index in [-0.39, 0.29) is 25.8 Å². The molecule has 0 fully saturated rings. The Hall–Kier alpha value is -0.760. The third-order valence-electron chi connectivity index (χ3n) is 7.82. The quantitative estimate of drug-likeness (QED) is 0.0223. The van der Waals surface area contributed by atoms with Crippen LogP contribution in [-0.2, 0) is 27.9 Å². The molecule has 2 unspecified atom stereocenters. The molecule has 268 valence electrons. The van der Waals surface area contributed by atoms with Crippen molar-refractivity contribution in [2.45, 2.75) is 161 Å². The van der Waals surface area contributed by atoms with Gasteiger partial charge < -0.3 is 27.9 Å². The molecule has 0 aliphatic rings. The number of ether oxygens (including phenoxy) is 2. The summed E-state index contributed by atoms with van der Waals surface area (Å²) in [5.74, 6) is -0.343. The molecule has 0 aromatic heterocycles. The van der Waals surface area contributed by atoms with Gasteiger partial charge in [0.05, 0.1) is 34.4 Å². The van der Waals surface area contributed by atoms with Gasteiger partial charge in [0.2, 0.25) is 0 Å². The minimum atomic E-state index is -4.51. The number of nitrogens with zero attached hydrogens (tertiary/aromatic N) is 1. The first-order valence-corrected chi connectivity index (χ1v) is 19.9. The molecule has 0 bridgehead atoms. The van der Waals surface area contributed by atoms with Crippen LogP contribution in [0.4, 0.5) is 0 Å². The standard InChI is InChI=1S/C36H72NO7P/c1-6-8-10-12-14-15-16-17-18-19-20-21-22-24-26-28-31-41-33-35(34-43-45(39,40)42-32-30-37(3,4)5)44-36(38)29-27-25-23-13-11-9-7-2/h17-18,35H,6-16,19-34H2,1-5H3/b18-17-. The number of rotatable bonds is 34. The number of carbonyl (C=O) groups is 1. The number of hydrogen-bond donors (Lipinski definition) is 0. The Balaban J connectivity index is 4.21. The second kappa shape index (κ2) is 30.6. The normalized spacial score (nSPS) is 14.2. The number of phosphoric ester groups is 1. The molecular formula is C36H72NO7P. The first-order valence-electron chi connectivity index (χ1n) is 18.4. The zero-order chi connectivity index (χ0) is 33.5. The van der Waals surface area contributed by atoms with Crippen LogP contribution in [0.2, 0.25) is 0 Å². The summed E-state index contributed by atoms with van der Waals surface area (Å²) in [6, 6.07) is 0. The van der Waals surface area contributed by atoms with Gasteiger partial charge in [-0.05, 0) is 38.5 Å². The van der Waals surface area contributed by atoms with E-state index in [1.165, 1.54) is 103 Å². The van der Waals surface area contributed by atoms with Crippen molar-refractivity contribution in [2.24, 2.45) is 0 Å². The highest BCUT2D eigenvalue weighted by molar-refractivity contribution is 7.45. The van der Waals surface area contributed by atoms with Crippen LogP contribution in [0.3, 0.4) is 0 Å². The van der Waals surface area contributed by atoms with Crippen molar-refractivity contribution in [3.63, 3.8) is 0 Å². The average molecular weight is 662 g/mol. The van der Waals surface area contributed by atoms with Crippen LogP contribution in [0, 0.1) is 0 Å². The van der Waals surface area contributed by atoms with Crippen molar-refractivity contribution < 1.29 is 37.3 Å². The molecule has 0 heterocycles. The van der Waals surface area contributed by atoms with Crippen molar-refractivity contribution in [1.29, 1.82) is 0 Å². The smallest absolute Gasteiger partial charge is 0.306 e. The van der Waals surface area contributed by atoms with Gasteiger partial charge in [0.25, 0.3) is 7.82 Å². The summed E-state index contributed by atoms with van der Waals surface area (Å²) in [5, 5.41) is 0. The Bertz CT molecular complexity index is 741. The summed E-state index contributed by atoms with van der Waals surface area (Å²) in [6.45, 7) is 5.35. The lowest BCUT2D eigenvalue weighted by atomic mass is 10.1. The summed E-state index contributed by atoms with van der Waals surface area (Å²) in [5.41, 5.74) is 0. The lowest BCUT2D eigenvalue weighted by Gasteiger charge is -2.28. The number of phosphoric acid groups is 1. The Morgan fingerprint density at radius 3 is 1.69 bits per heavy atom. The predicted octanol–water partition coefficient (Wildman–Crippen LogP) is 9.30. The molecule has 2 atom stereocenters. The van der Waals surface area contributed by atoms with Crippen molar-refractivity contribution >= 4 is 13.8 Å². The number of carbonyl (C=O) groups excluding carboxylic acids is 1. The average Bonchev–Trinajstić information content (AvgIpc) is 2.98. The lowest BCUT2D eigenvalue weighted by Crippen LogP contribution is -2.37. The topological polar surface area (TPSA) is 94.1 Å². The van der Waals surface area contributed by atoms with Gasteiger partial charge in [-0.15, -0.1) is 0 Å². The summed E-state index contributed by atoms with van der Waals surface area (Å²) >= 11 is 0. The largest absolute Gasteiger partial charge is 0.756 e. The van der Waals surface area contributed by atoms with Crippen LogP contribution in [0.15, 0.2) is 12.2 Å². The molecule has 8 nitrogen and oxygen atoms in total. The Kier molecular flexibility index (Phi) is 30.0. The van der Waals surface area contributed by atoms with E-state index >= 15 is 0 Å². The molecule has 0 aliphatic carbocycles. The molecule has 0 spiro atoms. The fourth-order valence-electron chi connectivity index (χ4n) is 4.89. The van der Waals surface area contributed by atoms with E-state index in [2.05, 4.69) is 26.0 Å². The van der Waals surface area contributed by atoms with E-state index < -0.39 is 13.9 Å². The van der Waals surface area contributed by atoms with Crippen LogP contribution in [-0.4, -0.2) is 70.7 Å². The summed E-state index contributed by atoms with van der Waals surface area (Å²) in [7, 11) is 1.35. The van der Waals surface area contributed by atoms with E-state index in [0.29, 0.717) is 24.1 Å². The number of quaternary nitrogens is 1. The molecule has 0 aromatic carbocycles. The molecule has 45 heavy (non-hydrogen) atoms. The van der Waals surface area contributed by atoms with Gasteiger partial charge in [-0.2, -0.15) is 0 Å². The van der Waals surface area contributed by atoms with E-state index in [4.69, 9.17) is 18.5 Å². The van der Waals surface area contributed by atoms with Crippen molar-refractivity contribution in [2.75, 3.05) is 54.1 Å². The van der Waals surface area contributed by atoms with Crippen molar-refractivity contribution in [3.05, 3.63) is 12.2 Å². The van der Waals surface area contributed by atoms with Crippen LogP contribution in [0.5, 0.6) is 0 Å². The van der Waals surface area contributed by atoms with Gasteiger partial charge in [0, 0.05) is 13.0 Å². The van der Waals surface area contributed by atoms with E-state index in [1.807, 2.05) is 21.1 Å². The highest BCUT2D eigenvalue weighted by atomic mass is 31.2. The molecule has 0 amide bonds. The highest BCUT2D eigenvalue weighted by Crippen LogP contribution is 2.38. The van der Waals surface area contributed by atoms with Gasteiger partial charge in [-0.1, -0.05) is 122 Å². The van der Waals surface area contributed by atoms with Crippen LogP contribution < -0.4 is 4.89 Å². The molecule has 9 heteroatoms. The summed E-state index contributed by atoms with van der Waals surface area (Å²) < 4.78 is 34.3. The molecule has 0 aliphatic heterocycles.